The molecule has 196 valence electrons. The number of imidazole rings is 1. The number of likely N-dealkylation sites (tertiary alicyclic amines) is 2. The third kappa shape index (κ3) is 4.91. The van der Waals surface area contributed by atoms with E-state index in [2.05, 4.69) is 4.90 Å². The Labute approximate surface area is 211 Å². The number of amides is 3. The van der Waals surface area contributed by atoms with Gasteiger partial charge in [0.25, 0.3) is 5.91 Å². The number of rotatable bonds is 4. The van der Waals surface area contributed by atoms with Crippen LogP contribution in [0, 0.1) is 0 Å². The summed E-state index contributed by atoms with van der Waals surface area (Å²) in [6.45, 7) is 7.89. The number of nitrogens with zero attached hydrogens (tertiary/aromatic N) is 5. The Bertz CT molecular complexity index is 1230. The van der Waals surface area contributed by atoms with Gasteiger partial charge in [0.05, 0.1) is 11.0 Å². The lowest BCUT2D eigenvalue weighted by Crippen LogP contribution is -2.46. The van der Waals surface area contributed by atoms with Gasteiger partial charge in [0.15, 0.2) is 0 Å². The molecule has 0 aliphatic carbocycles. The minimum absolute atomic E-state index is 0.120. The highest BCUT2D eigenvalue weighted by molar-refractivity contribution is 6.00. The van der Waals surface area contributed by atoms with Gasteiger partial charge in [-0.25, -0.2) is 9.59 Å². The number of piperidine rings is 2. The number of benzene rings is 1. The molecule has 2 aliphatic heterocycles. The molecule has 1 aromatic heterocycles. The second kappa shape index (κ2) is 9.72. The first kappa shape index (κ1) is 25.9. The zero-order valence-electron chi connectivity index (χ0n) is 22.1. The van der Waals surface area contributed by atoms with Crippen molar-refractivity contribution in [1.82, 2.24) is 23.8 Å². The van der Waals surface area contributed by atoms with Crippen molar-refractivity contribution < 1.29 is 19.1 Å². The number of carbonyl (C=O) groups excluding carboxylic acids is 3. The van der Waals surface area contributed by atoms with E-state index in [1.54, 1.807) is 28.1 Å². The second-order valence-electron chi connectivity index (χ2n) is 10.9. The van der Waals surface area contributed by atoms with Gasteiger partial charge in [-0.2, -0.15) is 0 Å². The predicted molar refractivity (Wildman–Crippen MR) is 136 cm³/mol. The normalized spacial score (nSPS) is 20.3. The van der Waals surface area contributed by atoms with Crippen LogP contribution in [-0.2, 0) is 27.9 Å². The number of carbonyl (C=O) groups is 3. The molecular formula is C26H37N5O5. The van der Waals surface area contributed by atoms with E-state index in [9.17, 15) is 19.2 Å². The SMILES string of the molecule is CN1C(=O)CCC(n2c(=O)n(C)c3c(CN4CCC(N(C)C(=O)OC(C)(C)C)CC4)cccc32)C1=O. The molecule has 3 amide bonds. The van der Waals surface area contributed by atoms with Gasteiger partial charge in [-0.05, 0) is 51.7 Å². The third-order valence-electron chi connectivity index (χ3n) is 7.30. The van der Waals surface area contributed by atoms with E-state index in [0.717, 1.165) is 41.9 Å². The smallest absolute Gasteiger partial charge is 0.410 e. The maximum atomic E-state index is 13.3. The summed E-state index contributed by atoms with van der Waals surface area (Å²) < 4.78 is 8.67. The summed E-state index contributed by atoms with van der Waals surface area (Å²) in [5.74, 6) is -0.562. The molecule has 1 aromatic carbocycles. The fraction of sp³-hybridized carbons (Fsp3) is 0.615. The van der Waals surface area contributed by atoms with Crippen LogP contribution in [0.1, 0.15) is 58.1 Å². The lowest BCUT2D eigenvalue weighted by atomic mass is 10.0. The molecule has 3 heterocycles. The molecule has 0 saturated carbocycles. The van der Waals surface area contributed by atoms with Crippen LogP contribution >= 0.6 is 0 Å². The molecule has 0 bridgehead atoms. The molecule has 2 aliphatic rings. The van der Waals surface area contributed by atoms with Crippen molar-refractivity contribution in [1.29, 1.82) is 0 Å². The van der Waals surface area contributed by atoms with Crippen LogP contribution in [-0.4, -0.2) is 80.6 Å². The zero-order chi connectivity index (χ0) is 26.4. The maximum Gasteiger partial charge on any atom is 0.410 e. The van der Waals surface area contributed by atoms with E-state index < -0.39 is 11.6 Å². The maximum absolute atomic E-state index is 13.3. The summed E-state index contributed by atoms with van der Waals surface area (Å²) in [4.78, 5) is 55.7. The van der Waals surface area contributed by atoms with Crippen molar-refractivity contribution in [2.24, 2.45) is 7.05 Å². The average molecular weight is 500 g/mol. The van der Waals surface area contributed by atoms with Crippen LogP contribution in [0.15, 0.2) is 23.0 Å². The Hall–Kier alpha value is -3.14. The first-order valence-corrected chi connectivity index (χ1v) is 12.6. The fourth-order valence-electron chi connectivity index (χ4n) is 5.27. The molecule has 1 atom stereocenters. The summed E-state index contributed by atoms with van der Waals surface area (Å²) >= 11 is 0. The lowest BCUT2D eigenvalue weighted by Gasteiger charge is -2.37. The van der Waals surface area contributed by atoms with Crippen molar-refractivity contribution in [3.05, 3.63) is 34.2 Å². The van der Waals surface area contributed by atoms with Crippen LogP contribution in [0.4, 0.5) is 4.79 Å². The number of aromatic nitrogens is 2. The number of hydrogen-bond donors (Lipinski definition) is 0. The van der Waals surface area contributed by atoms with Gasteiger partial charge < -0.3 is 9.64 Å². The Balaban J connectivity index is 1.51. The van der Waals surface area contributed by atoms with Gasteiger partial charge >= 0.3 is 11.8 Å². The molecule has 0 spiro atoms. The highest BCUT2D eigenvalue weighted by atomic mass is 16.6. The van der Waals surface area contributed by atoms with Crippen LogP contribution in [0.2, 0.25) is 0 Å². The van der Waals surface area contributed by atoms with E-state index in [0.29, 0.717) is 18.5 Å². The van der Waals surface area contributed by atoms with Gasteiger partial charge in [0, 0.05) is 53.2 Å². The molecule has 4 rings (SSSR count). The minimum Gasteiger partial charge on any atom is -0.444 e. The Kier molecular flexibility index (Phi) is 7.01. The highest BCUT2D eigenvalue weighted by Crippen LogP contribution is 2.28. The van der Waals surface area contributed by atoms with Crippen molar-refractivity contribution in [3.8, 4) is 0 Å². The van der Waals surface area contributed by atoms with Gasteiger partial charge in [-0.15, -0.1) is 0 Å². The van der Waals surface area contributed by atoms with Gasteiger partial charge in [0.2, 0.25) is 5.91 Å². The van der Waals surface area contributed by atoms with Gasteiger partial charge in [-0.1, -0.05) is 12.1 Å². The Morgan fingerprint density at radius 2 is 1.75 bits per heavy atom. The molecular weight excluding hydrogens is 462 g/mol. The van der Waals surface area contributed by atoms with E-state index in [1.165, 1.54) is 7.05 Å². The number of fused-ring (bicyclic) bond motifs is 1. The summed E-state index contributed by atoms with van der Waals surface area (Å²) in [6.07, 6.45) is 1.93. The molecule has 2 aromatic rings. The van der Waals surface area contributed by atoms with E-state index in [4.69, 9.17) is 4.74 Å². The standard InChI is InChI=1S/C26H37N5O5/c1-26(2,3)36-25(35)27(4)18-12-14-30(15-13-18)16-17-8-7-9-19-22(17)29(6)24(34)31(19)20-10-11-21(32)28(5)23(20)33/h7-9,18,20H,10-16H2,1-6H3. The second-order valence-corrected chi connectivity index (χ2v) is 10.9. The van der Waals surface area contributed by atoms with Crippen molar-refractivity contribution in [2.45, 2.75) is 70.7 Å². The lowest BCUT2D eigenvalue weighted by molar-refractivity contribution is -0.149. The van der Waals surface area contributed by atoms with Crippen LogP contribution in [0.25, 0.3) is 11.0 Å². The molecule has 36 heavy (non-hydrogen) atoms. The molecule has 0 N–H and O–H groups in total. The largest absolute Gasteiger partial charge is 0.444 e. The van der Waals surface area contributed by atoms with Gasteiger partial charge in [-0.3, -0.25) is 28.5 Å². The monoisotopic (exact) mass is 499 g/mol. The summed E-state index contributed by atoms with van der Waals surface area (Å²) in [6, 6.07) is 5.24. The fourth-order valence-corrected chi connectivity index (χ4v) is 5.27. The minimum atomic E-state index is -0.682. The molecule has 10 heteroatoms. The van der Waals surface area contributed by atoms with Crippen LogP contribution in [0.5, 0.6) is 0 Å². The zero-order valence-corrected chi connectivity index (χ0v) is 22.1. The van der Waals surface area contributed by atoms with Crippen molar-refractivity contribution in [3.63, 3.8) is 0 Å². The molecule has 0 radical (unpaired) electrons. The average Bonchev–Trinajstić information content (AvgIpc) is 3.07. The van der Waals surface area contributed by atoms with Gasteiger partial charge in [0.1, 0.15) is 11.6 Å². The third-order valence-corrected chi connectivity index (χ3v) is 7.30. The summed E-state index contributed by atoms with van der Waals surface area (Å²) in [7, 11) is 5.00. The quantitative estimate of drug-likeness (QED) is 0.600. The Morgan fingerprint density at radius 3 is 2.39 bits per heavy atom. The topological polar surface area (TPSA) is 97.1 Å². The molecule has 2 fully saturated rings. The number of hydrogen-bond acceptors (Lipinski definition) is 6. The van der Waals surface area contributed by atoms with Crippen LogP contribution in [0.3, 0.4) is 0 Å². The number of para-hydroxylation sites is 1. The molecule has 10 nitrogen and oxygen atoms in total. The summed E-state index contributed by atoms with van der Waals surface area (Å²) in [5, 5.41) is 0. The number of aryl methyl sites for hydroxylation is 1. The predicted octanol–water partition coefficient (Wildman–Crippen LogP) is 2.49. The Morgan fingerprint density at radius 1 is 1.08 bits per heavy atom. The van der Waals surface area contributed by atoms with Crippen molar-refractivity contribution >= 4 is 28.9 Å². The molecule has 1 unspecified atom stereocenters. The van der Waals surface area contributed by atoms with Crippen LogP contribution < -0.4 is 5.69 Å². The van der Waals surface area contributed by atoms with Crippen molar-refractivity contribution in [2.75, 3.05) is 27.2 Å². The first-order chi connectivity index (χ1) is 16.9. The summed E-state index contributed by atoms with van der Waals surface area (Å²) in [5.41, 5.74) is 1.75. The van der Waals surface area contributed by atoms with E-state index >= 15 is 0 Å². The highest BCUT2D eigenvalue weighted by Gasteiger charge is 2.36. The van der Waals surface area contributed by atoms with E-state index in [-0.39, 0.29) is 36.1 Å². The number of imide groups is 1. The number of ether oxygens (including phenoxy) is 1. The number of likely N-dealkylation sites (N-methyl/N-ethyl adjacent to an activating group) is 1. The molecule has 2 saturated heterocycles. The van der Waals surface area contributed by atoms with E-state index in [1.807, 2.05) is 39.0 Å². The first-order valence-electron chi connectivity index (χ1n) is 12.6.